The van der Waals surface area contributed by atoms with Crippen LogP contribution >= 0.6 is 39.1 Å². The van der Waals surface area contributed by atoms with Crippen molar-refractivity contribution in [3.63, 3.8) is 0 Å². The third-order valence-corrected chi connectivity index (χ3v) is 3.69. The van der Waals surface area contributed by atoms with Gasteiger partial charge in [-0.05, 0) is 28.1 Å². The van der Waals surface area contributed by atoms with Crippen molar-refractivity contribution in [3.8, 4) is 0 Å². The molecule has 0 amide bonds. The van der Waals surface area contributed by atoms with Crippen molar-refractivity contribution in [2.75, 3.05) is 5.32 Å². The number of nitrogens with two attached hydrogens (primary N) is 1. The second-order valence-corrected chi connectivity index (χ2v) is 4.66. The van der Waals surface area contributed by atoms with Crippen LogP contribution in [0.3, 0.4) is 0 Å². The minimum Gasteiger partial charge on any atom is -0.406 e. The van der Waals surface area contributed by atoms with Gasteiger partial charge in [-0.3, -0.25) is 0 Å². The smallest absolute Gasteiger partial charge is 0.320 e. The number of hydrogen-bond donors (Lipinski definition) is 2. The number of anilines is 2. The highest BCUT2D eigenvalue weighted by atomic mass is 79.9. The Balaban J connectivity index is 2.27. The standard InChI is InChI=1S/C9H7BrCl2N4O/c10-4-1-2-5(8(12)7(4)11)14-9-16-15-6(3-13)17-9/h1-2H,3,13H2,(H,14,16). The van der Waals surface area contributed by atoms with E-state index in [1.807, 2.05) is 0 Å². The van der Waals surface area contributed by atoms with Crippen LogP contribution in [0.2, 0.25) is 10.0 Å². The maximum absolute atomic E-state index is 6.05. The topological polar surface area (TPSA) is 77.0 Å². The first-order chi connectivity index (χ1) is 8.11. The van der Waals surface area contributed by atoms with Crippen LogP contribution in [0.1, 0.15) is 5.89 Å². The molecule has 2 aromatic rings. The summed E-state index contributed by atoms with van der Waals surface area (Å²) in [5.41, 5.74) is 5.93. The van der Waals surface area contributed by atoms with Gasteiger partial charge in [0.25, 0.3) is 0 Å². The number of aromatic nitrogens is 2. The summed E-state index contributed by atoms with van der Waals surface area (Å²) in [6.07, 6.45) is 0. The second kappa shape index (κ2) is 5.22. The molecule has 90 valence electrons. The van der Waals surface area contributed by atoms with Gasteiger partial charge >= 0.3 is 6.01 Å². The van der Waals surface area contributed by atoms with E-state index in [0.717, 1.165) is 0 Å². The Bertz CT molecular complexity index is 546. The molecular formula is C9H7BrCl2N4O. The summed E-state index contributed by atoms with van der Waals surface area (Å²) in [7, 11) is 0. The first-order valence-electron chi connectivity index (χ1n) is 4.54. The molecule has 8 heteroatoms. The van der Waals surface area contributed by atoms with Crippen LogP contribution in [0.15, 0.2) is 21.0 Å². The van der Waals surface area contributed by atoms with Gasteiger partial charge in [0.05, 0.1) is 22.3 Å². The highest BCUT2D eigenvalue weighted by molar-refractivity contribution is 9.10. The van der Waals surface area contributed by atoms with Gasteiger partial charge in [0.1, 0.15) is 0 Å². The minimum absolute atomic E-state index is 0.184. The Hall–Kier alpha value is -0.820. The van der Waals surface area contributed by atoms with E-state index in [-0.39, 0.29) is 12.6 Å². The molecule has 0 saturated heterocycles. The molecule has 0 aliphatic carbocycles. The number of hydrogen-bond acceptors (Lipinski definition) is 5. The van der Waals surface area contributed by atoms with Crippen molar-refractivity contribution in [3.05, 3.63) is 32.5 Å². The maximum Gasteiger partial charge on any atom is 0.320 e. The number of rotatable bonds is 3. The Morgan fingerprint density at radius 3 is 2.71 bits per heavy atom. The molecular weight excluding hydrogens is 331 g/mol. The first-order valence-corrected chi connectivity index (χ1v) is 6.09. The van der Waals surface area contributed by atoms with Crippen LogP contribution in [0.5, 0.6) is 0 Å². The quantitative estimate of drug-likeness (QED) is 0.840. The summed E-state index contributed by atoms with van der Waals surface area (Å²) >= 11 is 15.3. The van der Waals surface area contributed by atoms with E-state index in [4.69, 9.17) is 33.4 Å². The molecule has 5 nitrogen and oxygen atoms in total. The van der Waals surface area contributed by atoms with Gasteiger partial charge in [0.2, 0.25) is 5.89 Å². The Labute approximate surface area is 115 Å². The lowest BCUT2D eigenvalue weighted by Gasteiger charge is -2.06. The van der Waals surface area contributed by atoms with E-state index in [9.17, 15) is 0 Å². The third kappa shape index (κ3) is 2.71. The number of halogens is 3. The molecule has 3 N–H and O–H groups in total. The van der Waals surface area contributed by atoms with Gasteiger partial charge < -0.3 is 15.5 Å². The predicted octanol–water partition coefficient (Wildman–Crippen LogP) is 3.34. The van der Waals surface area contributed by atoms with Gasteiger partial charge in [0, 0.05) is 4.47 Å². The molecule has 0 aliphatic rings. The lowest BCUT2D eigenvalue weighted by atomic mass is 10.3. The number of benzene rings is 1. The van der Waals surface area contributed by atoms with Crippen molar-refractivity contribution in [1.82, 2.24) is 10.2 Å². The van der Waals surface area contributed by atoms with Crippen molar-refractivity contribution >= 4 is 50.8 Å². The van der Waals surface area contributed by atoms with Crippen LogP contribution in [0.25, 0.3) is 0 Å². The average Bonchev–Trinajstić information content (AvgIpc) is 2.78. The second-order valence-electron chi connectivity index (χ2n) is 3.05. The van der Waals surface area contributed by atoms with Gasteiger partial charge in [-0.15, -0.1) is 5.10 Å². The highest BCUT2D eigenvalue weighted by Crippen LogP contribution is 2.36. The first kappa shape index (κ1) is 12.6. The van der Waals surface area contributed by atoms with Gasteiger partial charge in [-0.2, -0.15) is 0 Å². The highest BCUT2D eigenvalue weighted by Gasteiger charge is 2.11. The zero-order chi connectivity index (χ0) is 12.4. The lowest BCUT2D eigenvalue weighted by molar-refractivity contribution is 0.511. The fourth-order valence-corrected chi connectivity index (χ4v) is 1.95. The fraction of sp³-hybridized carbons (Fsp3) is 0.111. The Morgan fingerprint density at radius 2 is 2.06 bits per heavy atom. The van der Waals surface area contributed by atoms with Crippen LogP contribution in [-0.2, 0) is 6.54 Å². The molecule has 0 bridgehead atoms. The molecule has 0 saturated carbocycles. The third-order valence-electron chi connectivity index (χ3n) is 1.92. The molecule has 0 fully saturated rings. The van der Waals surface area contributed by atoms with Gasteiger partial charge in [-0.1, -0.05) is 28.3 Å². The SMILES string of the molecule is NCc1nnc(Nc2ccc(Br)c(Cl)c2Cl)o1. The van der Waals surface area contributed by atoms with Crippen molar-refractivity contribution in [2.24, 2.45) is 5.73 Å². The summed E-state index contributed by atoms with van der Waals surface area (Å²) in [6, 6.07) is 3.72. The molecule has 0 spiro atoms. The molecule has 1 aromatic carbocycles. The summed E-state index contributed by atoms with van der Waals surface area (Å²) in [6.45, 7) is 0.184. The summed E-state index contributed by atoms with van der Waals surface area (Å²) in [5, 5.41) is 11.1. The molecule has 1 aromatic heterocycles. The molecule has 0 aliphatic heterocycles. The number of nitrogens with zero attached hydrogens (tertiary/aromatic N) is 2. The minimum atomic E-state index is 0.184. The normalized spacial score (nSPS) is 10.6. The zero-order valence-corrected chi connectivity index (χ0v) is 11.5. The molecule has 0 radical (unpaired) electrons. The van der Waals surface area contributed by atoms with Crippen molar-refractivity contribution < 1.29 is 4.42 Å². The summed E-state index contributed by atoms with van der Waals surface area (Å²) in [4.78, 5) is 0. The van der Waals surface area contributed by atoms with Gasteiger partial charge in [-0.25, -0.2) is 0 Å². The van der Waals surface area contributed by atoms with E-state index in [0.29, 0.717) is 26.1 Å². The molecule has 0 atom stereocenters. The fourth-order valence-electron chi connectivity index (χ4n) is 1.12. The maximum atomic E-state index is 6.05. The van der Waals surface area contributed by atoms with E-state index >= 15 is 0 Å². The Kier molecular flexibility index (Phi) is 3.88. The molecule has 2 rings (SSSR count). The largest absolute Gasteiger partial charge is 0.406 e. The van der Waals surface area contributed by atoms with Crippen LogP contribution < -0.4 is 11.1 Å². The average molecular weight is 338 g/mol. The number of nitrogens with one attached hydrogen (secondary N) is 1. The van der Waals surface area contributed by atoms with E-state index in [2.05, 4.69) is 31.4 Å². The predicted molar refractivity (Wildman–Crippen MR) is 69.6 cm³/mol. The Morgan fingerprint density at radius 1 is 1.29 bits per heavy atom. The summed E-state index contributed by atoms with van der Waals surface area (Å²) < 4.78 is 5.90. The summed E-state index contributed by atoms with van der Waals surface area (Å²) in [5.74, 6) is 0.340. The van der Waals surface area contributed by atoms with Crippen LogP contribution in [0.4, 0.5) is 11.7 Å². The lowest BCUT2D eigenvalue weighted by Crippen LogP contribution is -1.95. The monoisotopic (exact) mass is 336 g/mol. The van der Waals surface area contributed by atoms with Crippen molar-refractivity contribution in [2.45, 2.75) is 6.54 Å². The van der Waals surface area contributed by atoms with Crippen LogP contribution in [-0.4, -0.2) is 10.2 Å². The van der Waals surface area contributed by atoms with Gasteiger partial charge in [0.15, 0.2) is 0 Å². The van der Waals surface area contributed by atoms with E-state index in [1.165, 1.54) is 0 Å². The van der Waals surface area contributed by atoms with E-state index in [1.54, 1.807) is 12.1 Å². The van der Waals surface area contributed by atoms with Crippen molar-refractivity contribution in [1.29, 1.82) is 0 Å². The molecule has 1 heterocycles. The van der Waals surface area contributed by atoms with Crippen LogP contribution in [0, 0.1) is 0 Å². The van der Waals surface area contributed by atoms with E-state index < -0.39 is 0 Å². The molecule has 0 unspecified atom stereocenters. The zero-order valence-electron chi connectivity index (χ0n) is 8.38. The molecule has 17 heavy (non-hydrogen) atoms.